The third-order valence-electron chi connectivity index (χ3n) is 7.64. The SMILES string of the molecule is Cc1cc2ccc1C(O)N1CCc3ccc(cc3C1)C(CC(=O)O)c1ccc(nc1)OCCCCCCO2. The van der Waals surface area contributed by atoms with Crippen molar-refractivity contribution in [1.82, 2.24) is 9.88 Å². The van der Waals surface area contributed by atoms with Gasteiger partial charge in [-0.1, -0.05) is 30.3 Å². The second-order valence-electron chi connectivity index (χ2n) is 10.3. The molecule has 0 amide bonds. The molecule has 0 spiro atoms. The third-order valence-corrected chi connectivity index (χ3v) is 7.64. The van der Waals surface area contributed by atoms with Crippen molar-refractivity contribution < 1.29 is 24.5 Å². The summed E-state index contributed by atoms with van der Waals surface area (Å²) < 4.78 is 11.8. The van der Waals surface area contributed by atoms with Gasteiger partial charge in [0.25, 0.3) is 0 Å². The summed E-state index contributed by atoms with van der Waals surface area (Å²) in [5.74, 6) is 0.201. The van der Waals surface area contributed by atoms with Gasteiger partial charge in [-0.2, -0.15) is 0 Å². The maximum atomic E-state index is 11.8. The van der Waals surface area contributed by atoms with Crippen molar-refractivity contribution in [3.63, 3.8) is 0 Å². The quantitative estimate of drug-likeness (QED) is 0.473. The molecule has 0 aliphatic carbocycles. The maximum absolute atomic E-state index is 11.8. The smallest absolute Gasteiger partial charge is 0.304 e. The van der Waals surface area contributed by atoms with E-state index >= 15 is 0 Å². The molecule has 2 N–H and O–H groups in total. The lowest BCUT2D eigenvalue weighted by Crippen LogP contribution is -2.34. The number of aryl methyl sites for hydroxylation is 1. The van der Waals surface area contributed by atoms with Crippen molar-refractivity contribution in [3.05, 3.63) is 88.1 Å². The van der Waals surface area contributed by atoms with Gasteiger partial charge >= 0.3 is 5.97 Å². The van der Waals surface area contributed by atoms with Crippen LogP contribution in [0.15, 0.2) is 54.7 Å². The van der Waals surface area contributed by atoms with Gasteiger partial charge in [-0.05, 0) is 84.5 Å². The molecule has 5 aliphatic rings. The Hall–Kier alpha value is -3.42. The van der Waals surface area contributed by atoms with E-state index in [1.165, 1.54) is 5.56 Å². The number of hydrogen-bond acceptors (Lipinski definition) is 6. The fraction of sp³-hybridized carbons (Fsp3) is 0.419. The molecule has 7 bridgehead atoms. The largest absolute Gasteiger partial charge is 0.494 e. The summed E-state index contributed by atoms with van der Waals surface area (Å²) in [5, 5.41) is 21.0. The highest BCUT2D eigenvalue weighted by molar-refractivity contribution is 5.69. The van der Waals surface area contributed by atoms with Crippen molar-refractivity contribution in [2.24, 2.45) is 0 Å². The number of hydrogen-bond donors (Lipinski definition) is 2. The van der Waals surface area contributed by atoms with Crippen LogP contribution in [0.3, 0.4) is 0 Å². The molecule has 200 valence electrons. The zero-order chi connectivity index (χ0) is 26.5. The number of ether oxygens (including phenoxy) is 2. The van der Waals surface area contributed by atoms with Crippen LogP contribution in [-0.2, 0) is 17.8 Å². The molecule has 38 heavy (non-hydrogen) atoms. The van der Waals surface area contributed by atoms with Gasteiger partial charge in [0.05, 0.1) is 19.6 Å². The third kappa shape index (κ3) is 6.17. The highest BCUT2D eigenvalue weighted by atomic mass is 16.5. The number of aliphatic hydroxyl groups is 1. The predicted molar refractivity (Wildman–Crippen MR) is 144 cm³/mol. The van der Waals surface area contributed by atoms with Crippen molar-refractivity contribution in [1.29, 1.82) is 0 Å². The molecule has 0 radical (unpaired) electrons. The molecule has 3 atom stereocenters. The molecular formula is C31H36N2O5. The first-order valence-corrected chi connectivity index (χ1v) is 13.6. The van der Waals surface area contributed by atoms with E-state index in [1.807, 2.05) is 43.3 Å². The van der Waals surface area contributed by atoms with E-state index in [-0.39, 0.29) is 12.3 Å². The fourth-order valence-electron chi connectivity index (χ4n) is 5.46. The standard InChI is InChI=1S/C31H36N2O5/c1-21-16-26-9-10-27(21)31(36)33-13-12-22-6-7-23(17-25(22)20-33)28(18-30(34)35)24-8-11-29(32-19-24)38-15-5-3-2-4-14-37-26/h6-11,16-17,19,28,31,36H,2-5,12-15,18,20H2,1H3,(H,34,35). The van der Waals surface area contributed by atoms with E-state index in [4.69, 9.17) is 9.47 Å². The zero-order valence-corrected chi connectivity index (χ0v) is 21.9. The molecule has 8 rings (SSSR count). The second kappa shape index (κ2) is 12.0. The molecule has 2 aromatic carbocycles. The van der Waals surface area contributed by atoms with Crippen LogP contribution < -0.4 is 9.47 Å². The second-order valence-corrected chi connectivity index (χ2v) is 10.3. The number of benzene rings is 2. The number of carbonyl (C=O) groups is 1. The molecule has 7 heteroatoms. The molecule has 1 aromatic heterocycles. The lowest BCUT2D eigenvalue weighted by molar-refractivity contribution is -0.137. The Kier molecular flexibility index (Phi) is 8.25. The number of pyridine rings is 1. The minimum atomic E-state index is -0.856. The van der Waals surface area contributed by atoms with E-state index < -0.39 is 12.2 Å². The number of aliphatic carboxylic acids is 1. The van der Waals surface area contributed by atoms with Gasteiger partial charge in [0.15, 0.2) is 0 Å². The Morgan fingerprint density at radius 3 is 2.50 bits per heavy atom. The number of nitrogens with zero attached hydrogens (tertiary/aromatic N) is 2. The van der Waals surface area contributed by atoms with Crippen LogP contribution in [0.5, 0.6) is 11.6 Å². The monoisotopic (exact) mass is 516 g/mol. The summed E-state index contributed by atoms with van der Waals surface area (Å²) >= 11 is 0. The van der Waals surface area contributed by atoms with Crippen molar-refractivity contribution in [3.8, 4) is 11.6 Å². The molecule has 5 aliphatic heterocycles. The topological polar surface area (TPSA) is 92.1 Å². The molecule has 3 aromatic rings. The maximum Gasteiger partial charge on any atom is 0.304 e. The van der Waals surface area contributed by atoms with Gasteiger partial charge < -0.3 is 19.7 Å². The van der Waals surface area contributed by atoms with Crippen LogP contribution in [0.25, 0.3) is 0 Å². The summed E-state index contributed by atoms with van der Waals surface area (Å²) in [6.07, 6.45) is 5.80. The number of aliphatic hydroxyl groups excluding tert-OH is 1. The molecule has 6 heterocycles. The lowest BCUT2D eigenvalue weighted by atomic mass is 9.86. The van der Waals surface area contributed by atoms with Crippen molar-refractivity contribution in [2.45, 2.75) is 64.1 Å². The molecule has 0 saturated heterocycles. The van der Waals surface area contributed by atoms with Crippen LogP contribution in [0.4, 0.5) is 0 Å². The van der Waals surface area contributed by atoms with Crippen LogP contribution in [0.1, 0.15) is 77.6 Å². The number of aromatic nitrogens is 1. The lowest BCUT2D eigenvalue weighted by Gasteiger charge is -2.34. The van der Waals surface area contributed by atoms with E-state index in [1.54, 1.807) is 6.20 Å². The Labute approximate surface area is 224 Å². The summed E-state index contributed by atoms with van der Waals surface area (Å²) in [6.45, 7) is 4.60. The van der Waals surface area contributed by atoms with E-state index in [2.05, 4.69) is 22.0 Å². The van der Waals surface area contributed by atoms with Crippen LogP contribution >= 0.6 is 0 Å². The summed E-state index contributed by atoms with van der Waals surface area (Å²) in [6, 6.07) is 15.9. The summed E-state index contributed by atoms with van der Waals surface area (Å²) in [4.78, 5) is 18.3. The molecule has 7 nitrogen and oxygen atoms in total. The van der Waals surface area contributed by atoms with Gasteiger partial charge in [0.2, 0.25) is 5.88 Å². The molecule has 3 unspecified atom stereocenters. The Morgan fingerprint density at radius 2 is 1.76 bits per heavy atom. The average Bonchev–Trinajstić information content (AvgIpc) is 2.92. The minimum Gasteiger partial charge on any atom is -0.494 e. The highest BCUT2D eigenvalue weighted by Gasteiger charge is 2.26. The number of carboxylic acids is 1. The first-order valence-electron chi connectivity index (χ1n) is 13.6. The fourth-order valence-corrected chi connectivity index (χ4v) is 5.46. The predicted octanol–water partition coefficient (Wildman–Crippen LogP) is 5.38. The van der Waals surface area contributed by atoms with Crippen LogP contribution in [0, 0.1) is 6.92 Å². The summed E-state index contributed by atoms with van der Waals surface area (Å²) in [7, 11) is 0. The Morgan fingerprint density at radius 1 is 0.974 bits per heavy atom. The van der Waals surface area contributed by atoms with Crippen LogP contribution in [-0.4, -0.2) is 45.8 Å². The number of carboxylic acid groups (broad SMARTS) is 1. The first-order chi connectivity index (χ1) is 18.5. The van der Waals surface area contributed by atoms with Gasteiger partial charge in [-0.25, -0.2) is 4.98 Å². The van der Waals surface area contributed by atoms with Gasteiger partial charge in [-0.3, -0.25) is 9.69 Å². The van der Waals surface area contributed by atoms with Crippen molar-refractivity contribution >= 4 is 5.97 Å². The molecule has 0 fully saturated rings. The van der Waals surface area contributed by atoms with E-state index in [9.17, 15) is 15.0 Å². The van der Waals surface area contributed by atoms with Gasteiger partial charge in [-0.15, -0.1) is 0 Å². The first kappa shape index (κ1) is 26.2. The van der Waals surface area contributed by atoms with Gasteiger partial charge in [0, 0.05) is 31.3 Å². The van der Waals surface area contributed by atoms with Crippen molar-refractivity contribution in [2.75, 3.05) is 19.8 Å². The molecular weight excluding hydrogens is 480 g/mol. The summed E-state index contributed by atoms with van der Waals surface area (Å²) in [5.41, 5.74) is 6.02. The highest BCUT2D eigenvalue weighted by Crippen LogP contribution is 2.34. The van der Waals surface area contributed by atoms with E-state index in [0.717, 1.165) is 72.2 Å². The van der Waals surface area contributed by atoms with Gasteiger partial charge in [0.1, 0.15) is 12.0 Å². The van der Waals surface area contributed by atoms with Crippen LogP contribution in [0.2, 0.25) is 0 Å². The minimum absolute atomic E-state index is 0.0272. The average molecular weight is 517 g/mol. The normalized spacial score (nSPS) is 22.0. The zero-order valence-electron chi connectivity index (χ0n) is 21.9. The Balaban J connectivity index is 1.46. The van der Waals surface area contributed by atoms with E-state index in [0.29, 0.717) is 25.6 Å². The number of rotatable bonds is 2. The molecule has 0 saturated carbocycles. The Bertz CT molecular complexity index is 1260.